The van der Waals surface area contributed by atoms with E-state index in [9.17, 15) is 19.8 Å². The number of rotatable bonds is 13. The quantitative estimate of drug-likeness (QED) is 0.330. The zero-order valence-electron chi connectivity index (χ0n) is 20.8. The molecule has 0 aromatic heterocycles. The Bertz CT molecular complexity index is 705. The third kappa shape index (κ3) is 7.68. The van der Waals surface area contributed by atoms with Crippen molar-refractivity contribution in [1.29, 1.82) is 0 Å². The Morgan fingerprint density at radius 3 is 2.45 bits per heavy atom. The van der Waals surface area contributed by atoms with E-state index >= 15 is 0 Å². The van der Waals surface area contributed by atoms with Gasteiger partial charge in [-0.1, -0.05) is 51.8 Å². The van der Waals surface area contributed by atoms with Crippen LogP contribution in [0.1, 0.15) is 91.9 Å². The highest BCUT2D eigenvalue weighted by Gasteiger charge is 2.42. The van der Waals surface area contributed by atoms with Crippen molar-refractivity contribution >= 4 is 11.9 Å². The number of aliphatic hydroxyl groups excluding tert-OH is 2. The summed E-state index contributed by atoms with van der Waals surface area (Å²) in [6, 6.07) is 0. The first-order valence-electron chi connectivity index (χ1n) is 12.8. The summed E-state index contributed by atoms with van der Waals surface area (Å²) in [7, 11) is 0. The van der Waals surface area contributed by atoms with Crippen LogP contribution in [0.25, 0.3) is 0 Å². The number of aliphatic carboxylic acids is 1. The summed E-state index contributed by atoms with van der Waals surface area (Å²) in [6.45, 7) is 8.40. The molecule has 0 aromatic rings. The van der Waals surface area contributed by atoms with Crippen LogP contribution in [0.2, 0.25) is 0 Å². The molecule has 0 bridgehead atoms. The van der Waals surface area contributed by atoms with Gasteiger partial charge in [0, 0.05) is 5.92 Å². The smallest absolute Gasteiger partial charge is 0.312 e. The van der Waals surface area contributed by atoms with Crippen molar-refractivity contribution in [3.63, 3.8) is 0 Å². The highest BCUT2D eigenvalue weighted by Crippen LogP contribution is 2.44. The molecule has 0 saturated heterocycles. The number of hydrogen-bond acceptors (Lipinski definition) is 5. The number of hydrogen-bond donors (Lipinski definition) is 3. The van der Waals surface area contributed by atoms with Gasteiger partial charge >= 0.3 is 11.9 Å². The molecule has 6 atom stereocenters. The predicted molar refractivity (Wildman–Crippen MR) is 129 cm³/mol. The van der Waals surface area contributed by atoms with Gasteiger partial charge in [-0.25, -0.2) is 0 Å². The van der Waals surface area contributed by atoms with Crippen molar-refractivity contribution in [3.8, 4) is 0 Å². The number of aliphatic hydroxyl groups is 2. The highest BCUT2D eigenvalue weighted by atomic mass is 16.5. The molecule has 2 aliphatic rings. The molecule has 0 aliphatic heterocycles. The maximum absolute atomic E-state index is 13.3. The van der Waals surface area contributed by atoms with Gasteiger partial charge in [0.25, 0.3) is 0 Å². The number of carbonyl (C=O) groups is 2. The third-order valence-corrected chi connectivity index (χ3v) is 7.49. The SMILES string of the molecule is CCCC(C)(CCC)C(=O)OC1CCC=C2C=CC(C)C(CCC(O)CC(O)CC(=O)O)C21. The summed E-state index contributed by atoms with van der Waals surface area (Å²) in [6.07, 6.45) is 10.8. The number of allylic oxidation sites excluding steroid dienone is 3. The Morgan fingerprint density at radius 2 is 1.85 bits per heavy atom. The van der Waals surface area contributed by atoms with Crippen LogP contribution in [0.15, 0.2) is 23.8 Å². The lowest BCUT2D eigenvalue weighted by molar-refractivity contribution is -0.166. The molecule has 0 saturated carbocycles. The van der Waals surface area contributed by atoms with E-state index in [2.05, 4.69) is 39.0 Å². The summed E-state index contributed by atoms with van der Waals surface area (Å²) in [5.41, 5.74) is 0.766. The van der Waals surface area contributed by atoms with E-state index in [0.717, 1.165) is 44.9 Å². The van der Waals surface area contributed by atoms with Crippen molar-refractivity contribution in [1.82, 2.24) is 0 Å². The molecule has 6 unspecified atom stereocenters. The minimum Gasteiger partial charge on any atom is -0.481 e. The Balaban J connectivity index is 2.10. The molecule has 2 rings (SSSR count). The van der Waals surface area contributed by atoms with Gasteiger partial charge in [-0.2, -0.15) is 0 Å². The Labute approximate surface area is 199 Å². The third-order valence-electron chi connectivity index (χ3n) is 7.49. The average Bonchev–Trinajstić information content (AvgIpc) is 2.73. The van der Waals surface area contributed by atoms with Gasteiger partial charge in [0.05, 0.1) is 24.0 Å². The van der Waals surface area contributed by atoms with Gasteiger partial charge in [-0.3, -0.25) is 9.59 Å². The minimum absolute atomic E-state index is 0.0570. The van der Waals surface area contributed by atoms with E-state index < -0.39 is 23.6 Å². The first-order chi connectivity index (χ1) is 15.6. The fourth-order valence-corrected chi connectivity index (χ4v) is 5.77. The van der Waals surface area contributed by atoms with Crippen LogP contribution in [0.4, 0.5) is 0 Å². The first kappa shape index (κ1) is 27.6. The van der Waals surface area contributed by atoms with E-state index in [4.69, 9.17) is 9.84 Å². The number of fused-ring (bicyclic) bond motifs is 1. The summed E-state index contributed by atoms with van der Waals surface area (Å²) in [4.78, 5) is 24.1. The standard InChI is InChI=1S/C27H44O6/c1-5-14-27(4,15-6-2)26(32)33-23-9-7-8-19-11-10-18(3)22(25(19)23)13-12-20(28)16-21(29)17-24(30)31/h8,10-11,18,20-23,25,28-29H,5-7,9,12-17H2,1-4H3,(H,30,31). The summed E-state index contributed by atoms with van der Waals surface area (Å²) in [5, 5.41) is 29.1. The molecule has 6 nitrogen and oxygen atoms in total. The van der Waals surface area contributed by atoms with Crippen LogP contribution < -0.4 is 0 Å². The molecule has 0 fully saturated rings. The second-order valence-corrected chi connectivity index (χ2v) is 10.4. The van der Waals surface area contributed by atoms with Gasteiger partial charge in [-0.05, 0) is 69.3 Å². The summed E-state index contributed by atoms with van der Waals surface area (Å²) in [5.74, 6) is -0.559. The van der Waals surface area contributed by atoms with Gasteiger partial charge < -0.3 is 20.1 Å². The molecule has 33 heavy (non-hydrogen) atoms. The Hall–Kier alpha value is -1.66. The monoisotopic (exact) mass is 464 g/mol. The van der Waals surface area contributed by atoms with Crippen molar-refractivity contribution < 1.29 is 29.6 Å². The van der Waals surface area contributed by atoms with Gasteiger partial charge in [0.2, 0.25) is 0 Å². The highest BCUT2D eigenvalue weighted by molar-refractivity contribution is 5.76. The molecular weight excluding hydrogens is 420 g/mol. The molecule has 6 heteroatoms. The van der Waals surface area contributed by atoms with Gasteiger partial charge in [0.15, 0.2) is 0 Å². The zero-order valence-corrected chi connectivity index (χ0v) is 20.8. The van der Waals surface area contributed by atoms with E-state index in [0.29, 0.717) is 6.42 Å². The lowest BCUT2D eigenvalue weighted by atomic mass is 9.66. The minimum atomic E-state index is -1.07. The Kier molecular flexibility index (Phi) is 10.6. The number of carboxylic acids is 1. The molecule has 0 aromatic carbocycles. The van der Waals surface area contributed by atoms with Crippen LogP contribution in [0.3, 0.4) is 0 Å². The van der Waals surface area contributed by atoms with Crippen LogP contribution in [0, 0.1) is 23.2 Å². The molecular formula is C27H44O6. The first-order valence-corrected chi connectivity index (χ1v) is 12.8. The number of ether oxygens (including phenoxy) is 1. The number of esters is 1. The Morgan fingerprint density at radius 1 is 1.18 bits per heavy atom. The maximum Gasteiger partial charge on any atom is 0.312 e. The van der Waals surface area contributed by atoms with E-state index in [1.807, 2.05) is 6.92 Å². The molecule has 3 N–H and O–H groups in total. The molecule has 0 radical (unpaired) electrons. The molecule has 188 valence electrons. The number of carbonyl (C=O) groups excluding carboxylic acids is 1. The van der Waals surface area contributed by atoms with Crippen LogP contribution in [-0.2, 0) is 14.3 Å². The van der Waals surface area contributed by atoms with Crippen molar-refractivity contribution in [2.24, 2.45) is 23.2 Å². The number of carboxylic acid groups (broad SMARTS) is 1. The predicted octanol–water partition coefficient (Wildman–Crippen LogP) is 5.03. The second kappa shape index (κ2) is 12.7. The van der Waals surface area contributed by atoms with Crippen molar-refractivity contribution in [3.05, 3.63) is 23.8 Å². The largest absolute Gasteiger partial charge is 0.481 e. The van der Waals surface area contributed by atoms with Crippen molar-refractivity contribution in [2.45, 2.75) is 110 Å². The normalized spacial score (nSPS) is 26.8. The molecule has 2 aliphatic carbocycles. The van der Waals surface area contributed by atoms with Crippen LogP contribution in [0.5, 0.6) is 0 Å². The zero-order chi connectivity index (χ0) is 24.6. The second-order valence-electron chi connectivity index (χ2n) is 10.4. The van der Waals surface area contributed by atoms with E-state index in [-0.39, 0.29) is 42.7 Å². The van der Waals surface area contributed by atoms with Gasteiger partial charge in [-0.15, -0.1) is 0 Å². The summed E-state index contributed by atoms with van der Waals surface area (Å²) < 4.78 is 6.24. The van der Waals surface area contributed by atoms with Crippen molar-refractivity contribution in [2.75, 3.05) is 0 Å². The summed E-state index contributed by atoms with van der Waals surface area (Å²) >= 11 is 0. The lowest BCUT2D eigenvalue weighted by Crippen LogP contribution is -2.42. The lowest BCUT2D eigenvalue weighted by Gasteiger charge is -2.43. The van der Waals surface area contributed by atoms with Gasteiger partial charge in [0.1, 0.15) is 6.10 Å². The maximum atomic E-state index is 13.3. The molecule has 0 amide bonds. The van der Waals surface area contributed by atoms with Crippen LogP contribution >= 0.6 is 0 Å². The van der Waals surface area contributed by atoms with E-state index in [1.165, 1.54) is 5.57 Å². The van der Waals surface area contributed by atoms with Crippen LogP contribution in [-0.4, -0.2) is 45.6 Å². The molecule has 0 spiro atoms. The topological polar surface area (TPSA) is 104 Å². The average molecular weight is 465 g/mol. The van der Waals surface area contributed by atoms with E-state index in [1.54, 1.807) is 0 Å². The molecule has 0 heterocycles. The fraction of sp³-hybridized carbons (Fsp3) is 0.778. The fourth-order valence-electron chi connectivity index (χ4n) is 5.77.